The molecular weight excluding hydrogens is 348 g/mol. The lowest BCUT2D eigenvalue weighted by Crippen LogP contribution is -2.29. The average molecular weight is 379 g/mol. The normalized spacial score (nSPS) is 14.5. The molecule has 144 valence electrons. The highest BCUT2D eigenvalue weighted by Gasteiger charge is 2.14. The molecule has 26 heavy (non-hydrogen) atoms. The number of methoxy groups -OCH3 is 1. The predicted octanol–water partition coefficient (Wildman–Crippen LogP) is 3.92. The summed E-state index contributed by atoms with van der Waals surface area (Å²) in [5.74, 6) is 6.03. The van der Waals surface area contributed by atoms with Crippen LogP contribution in [0, 0.1) is 17.3 Å². The summed E-state index contributed by atoms with van der Waals surface area (Å²) in [6.07, 6.45) is 4.28. The van der Waals surface area contributed by atoms with Gasteiger partial charge in [0, 0.05) is 24.9 Å². The summed E-state index contributed by atoms with van der Waals surface area (Å²) in [7, 11) is 1.34. The van der Waals surface area contributed by atoms with Crippen LogP contribution >= 0.6 is 11.3 Å². The molecule has 2 N–H and O–H groups in total. The van der Waals surface area contributed by atoms with Gasteiger partial charge in [-0.25, -0.2) is 4.79 Å². The maximum Gasteiger partial charge on any atom is 0.350 e. The molecular formula is C20H30N2O3S. The fraction of sp³-hybridized carbons (Fsp3) is 0.600. The number of esters is 1. The minimum Gasteiger partial charge on any atom is -0.465 e. The zero-order valence-electron chi connectivity index (χ0n) is 16.5. The van der Waals surface area contributed by atoms with Gasteiger partial charge >= 0.3 is 5.97 Å². The quantitative estimate of drug-likeness (QED) is 0.625. The molecule has 2 rings (SSSR count). The maximum absolute atomic E-state index is 11.3. The lowest BCUT2D eigenvalue weighted by atomic mass is 9.98. The van der Waals surface area contributed by atoms with E-state index in [1.807, 2.05) is 32.6 Å². The van der Waals surface area contributed by atoms with E-state index >= 15 is 0 Å². The summed E-state index contributed by atoms with van der Waals surface area (Å²) in [4.78, 5) is 25.6. The van der Waals surface area contributed by atoms with E-state index in [0.717, 1.165) is 30.8 Å². The maximum atomic E-state index is 11.3. The fourth-order valence-electron chi connectivity index (χ4n) is 2.34. The van der Waals surface area contributed by atoms with Gasteiger partial charge in [0.1, 0.15) is 4.88 Å². The van der Waals surface area contributed by atoms with Crippen molar-refractivity contribution in [2.45, 2.75) is 53.4 Å². The van der Waals surface area contributed by atoms with Crippen molar-refractivity contribution in [2.24, 2.45) is 5.41 Å². The van der Waals surface area contributed by atoms with Crippen LogP contribution < -0.4 is 5.73 Å². The molecule has 0 aliphatic carbocycles. The second-order valence-electron chi connectivity index (χ2n) is 7.17. The van der Waals surface area contributed by atoms with Crippen LogP contribution in [-0.2, 0) is 9.53 Å². The summed E-state index contributed by atoms with van der Waals surface area (Å²) in [5.41, 5.74) is 6.06. The Hall–Kier alpha value is -2.00. The van der Waals surface area contributed by atoms with Gasteiger partial charge in [0.15, 0.2) is 0 Å². The number of carbonyl (C=O) groups is 2. The number of likely N-dealkylation sites (tertiary alicyclic amines) is 1. The highest BCUT2D eigenvalue weighted by Crippen LogP contribution is 2.25. The third kappa shape index (κ3) is 7.49. The first kappa shape index (κ1) is 22.0. The van der Waals surface area contributed by atoms with Gasteiger partial charge in [0.05, 0.1) is 17.7 Å². The van der Waals surface area contributed by atoms with Gasteiger partial charge in [0.2, 0.25) is 5.91 Å². The molecule has 1 aliphatic heterocycles. The SMILES string of the molecule is CCN1CCCCCC1=O.COC(=O)c1sc(C#CC(C)(C)C)cc1N. The summed E-state index contributed by atoms with van der Waals surface area (Å²) >= 11 is 1.26. The zero-order chi connectivity index (χ0) is 19.7. The van der Waals surface area contributed by atoms with Crippen LogP contribution in [0.4, 0.5) is 5.69 Å². The van der Waals surface area contributed by atoms with Crippen molar-refractivity contribution in [1.29, 1.82) is 0 Å². The molecule has 1 aromatic heterocycles. The van der Waals surface area contributed by atoms with Crippen LogP contribution in [-0.4, -0.2) is 37.0 Å². The van der Waals surface area contributed by atoms with E-state index in [0.29, 0.717) is 16.5 Å². The molecule has 1 fully saturated rings. The number of nitrogen functional groups attached to an aromatic ring is 1. The number of hydrogen-bond acceptors (Lipinski definition) is 5. The molecule has 5 nitrogen and oxygen atoms in total. The summed E-state index contributed by atoms with van der Waals surface area (Å²) in [5, 5.41) is 0. The molecule has 0 radical (unpaired) electrons. The van der Waals surface area contributed by atoms with Crippen molar-refractivity contribution < 1.29 is 14.3 Å². The Morgan fingerprint density at radius 1 is 1.35 bits per heavy atom. The van der Waals surface area contributed by atoms with Crippen molar-refractivity contribution in [3.8, 4) is 11.8 Å². The van der Waals surface area contributed by atoms with E-state index in [2.05, 4.69) is 16.6 Å². The van der Waals surface area contributed by atoms with Gasteiger partial charge in [-0.15, -0.1) is 11.3 Å². The number of thiophene rings is 1. The number of amides is 1. The number of hydrogen-bond donors (Lipinski definition) is 1. The summed E-state index contributed by atoms with van der Waals surface area (Å²) in [6, 6.07) is 1.70. The van der Waals surface area contributed by atoms with Crippen LogP contribution in [0.3, 0.4) is 0 Å². The van der Waals surface area contributed by atoms with Crippen molar-refractivity contribution in [3.05, 3.63) is 15.8 Å². The molecule has 0 aromatic carbocycles. The molecule has 0 atom stereocenters. The van der Waals surface area contributed by atoms with Gasteiger partial charge in [-0.05, 0) is 46.6 Å². The minimum absolute atomic E-state index is 0.0653. The van der Waals surface area contributed by atoms with Gasteiger partial charge in [-0.2, -0.15) is 0 Å². The molecule has 0 bridgehead atoms. The van der Waals surface area contributed by atoms with Crippen molar-refractivity contribution in [3.63, 3.8) is 0 Å². The summed E-state index contributed by atoms with van der Waals surface area (Å²) < 4.78 is 4.62. The summed E-state index contributed by atoms with van der Waals surface area (Å²) in [6.45, 7) is 9.99. The van der Waals surface area contributed by atoms with Gasteiger partial charge < -0.3 is 15.4 Å². The Bertz CT molecular complexity index is 677. The first-order chi connectivity index (χ1) is 12.2. The van der Waals surface area contributed by atoms with Crippen molar-refractivity contribution in [1.82, 2.24) is 4.90 Å². The Morgan fingerprint density at radius 2 is 2.04 bits per heavy atom. The van der Waals surface area contributed by atoms with Crippen LogP contribution in [0.1, 0.15) is 67.9 Å². The first-order valence-electron chi connectivity index (χ1n) is 8.96. The Kier molecular flexibility index (Phi) is 8.67. The number of ether oxygens (including phenoxy) is 1. The third-order valence-electron chi connectivity index (χ3n) is 3.75. The predicted molar refractivity (Wildman–Crippen MR) is 107 cm³/mol. The standard InChI is InChI=1S/C12H15NO2S.C8H15NO/c1-12(2,3)6-5-8-7-9(13)10(16-8)11(14)15-4;1-2-9-7-5-3-4-6-8(9)10/h7H,13H2,1-4H3;2-7H2,1H3. The second-order valence-corrected chi connectivity index (χ2v) is 8.22. The van der Waals surface area contributed by atoms with E-state index in [1.165, 1.54) is 31.3 Å². The Morgan fingerprint density at radius 3 is 2.62 bits per heavy atom. The zero-order valence-corrected chi connectivity index (χ0v) is 17.3. The number of carbonyl (C=O) groups excluding carboxylic acids is 2. The molecule has 1 saturated heterocycles. The number of nitrogens with zero attached hydrogens (tertiary/aromatic N) is 1. The molecule has 1 aromatic rings. The molecule has 1 aliphatic rings. The fourth-order valence-corrected chi connectivity index (χ4v) is 3.19. The van der Waals surface area contributed by atoms with Crippen molar-refractivity contribution >= 4 is 28.9 Å². The largest absolute Gasteiger partial charge is 0.465 e. The van der Waals surface area contributed by atoms with Crippen molar-refractivity contribution in [2.75, 3.05) is 25.9 Å². The average Bonchev–Trinajstić information content (AvgIpc) is 2.83. The van der Waals surface area contributed by atoms with Gasteiger partial charge in [-0.1, -0.05) is 18.3 Å². The van der Waals surface area contributed by atoms with Gasteiger partial charge in [0.25, 0.3) is 0 Å². The smallest absolute Gasteiger partial charge is 0.350 e. The number of anilines is 1. The highest BCUT2D eigenvalue weighted by atomic mass is 32.1. The second kappa shape index (κ2) is 10.2. The van der Waals surface area contributed by atoms with E-state index < -0.39 is 5.97 Å². The molecule has 0 saturated carbocycles. The molecule has 0 unspecified atom stereocenters. The van der Waals surface area contributed by atoms with Crippen LogP contribution in [0.5, 0.6) is 0 Å². The molecule has 2 heterocycles. The minimum atomic E-state index is -0.411. The molecule has 6 heteroatoms. The monoisotopic (exact) mass is 378 g/mol. The third-order valence-corrected chi connectivity index (χ3v) is 4.79. The number of nitrogens with two attached hydrogens (primary N) is 1. The molecule has 0 spiro atoms. The van der Waals surface area contributed by atoms with Crippen LogP contribution in [0.25, 0.3) is 0 Å². The van der Waals surface area contributed by atoms with E-state index in [-0.39, 0.29) is 5.41 Å². The topological polar surface area (TPSA) is 72.6 Å². The highest BCUT2D eigenvalue weighted by molar-refractivity contribution is 7.15. The molecule has 1 amide bonds. The van der Waals surface area contributed by atoms with E-state index in [1.54, 1.807) is 6.07 Å². The van der Waals surface area contributed by atoms with Crippen LogP contribution in [0.2, 0.25) is 0 Å². The van der Waals surface area contributed by atoms with Gasteiger partial charge in [-0.3, -0.25) is 4.79 Å². The Balaban J connectivity index is 0.000000289. The number of rotatable bonds is 2. The van der Waals surface area contributed by atoms with E-state index in [4.69, 9.17) is 5.73 Å². The lowest BCUT2D eigenvalue weighted by molar-refractivity contribution is -0.130. The Labute approximate surface area is 160 Å². The van der Waals surface area contributed by atoms with Crippen LogP contribution in [0.15, 0.2) is 6.07 Å². The van der Waals surface area contributed by atoms with E-state index in [9.17, 15) is 9.59 Å². The lowest BCUT2D eigenvalue weighted by Gasteiger charge is -2.17. The first-order valence-corrected chi connectivity index (χ1v) is 9.78.